The van der Waals surface area contributed by atoms with Crippen LogP contribution in [0.25, 0.3) is 33.1 Å². The zero-order chi connectivity index (χ0) is 19.8. The highest BCUT2D eigenvalue weighted by Crippen LogP contribution is 2.33. The average molecular weight is 458 g/mol. The molecule has 0 saturated carbocycles. The Bertz CT molecular complexity index is 1220. The molecule has 5 nitrogen and oxygen atoms in total. The Kier molecular flexibility index (Phi) is 5.10. The van der Waals surface area contributed by atoms with Crippen LogP contribution in [0.5, 0.6) is 0 Å². The van der Waals surface area contributed by atoms with Crippen molar-refractivity contribution in [1.29, 1.82) is 0 Å². The van der Waals surface area contributed by atoms with Crippen molar-refractivity contribution in [2.24, 2.45) is 12.8 Å². The van der Waals surface area contributed by atoms with Gasteiger partial charge in [0.2, 0.25) is 0 Å². The summed E-state index contributed by atoms with van der Waals surface area (Å²) in [5, 5.41) is 5.18. The number of halogens is 2. The Labute approximate surface area is 175 Å². The Morgan fingerprint density at radius 1 is 1.21 bits per heavy atom. The fraction of sp³-hybridized carbons (Fsp3) is 0.143. The van der Waals surface area contributed by atoms with Crippen LogP contribution in [0.1, 0.15) is 10.4 Å². The van der Waals surface area contributed by atoms with Gasteiger partial charge in [-0.15, -0.1) is 0 Å². The summed E-state index contributed by atoms with van der Waals surface area (Å²) >= 11 is 9.71. The van der Waals surface area contributed by atoms with Crippen LogP contribution in [0.15, 0.2) is 53.1 Å². The summed E-state index contributed by atoms with van der Waals surface area (Å²) in [5.41, 5.74) is 9.56. The van der Waals surface area contributed by atoms with E-state index in [0.29, 0.717) is 34.6 Å². The molecule has 0 aliphatic heterocycles. The lowest BCUT2D eigenvalue weighted by Gasteiger charge is -2.10. The lowest BCUT2D eigenvalue weighted by atomic mass is 10.0. The molecular formula is C21H18BrClN4O. The molecule has 0 spiro atoms. The van der Waals surface area contributed by atoms with E-state index in [2.05, 4.69) is 37.9 Å². The molecule has 4 rings (SSSR count). The first kappa shape index (κ1) is 18.9. The fourth-order valence-corrected chi connectivity index (χ4v) is 3.91. The Balaban J connectivity index is 1.97. The number of pyridine rings is 1. The van der Waals surface area contributed by atoms with Crippen LogP contribution < -0.4 is 11.1 Å². The van der Waals surface area contributed by atoms with Crippen molar-refractivity contribution in [2.45, 2.75) is 0 Å². The highest BCUT2D eigenvalue weighted by atomic mass is 79.9. The molecule has 142 valence electrons. The number of hydrogen-bond acceptors (Lipinski definition) is 3. The van der Waals surface area contributed by atoms with Gasteiger partial charge in [0.25, 0.3) is 5.91 Å². The number of benzene rings is 2. The normalized spacial score (nSPS) is 11.3. The zero-order valence-electron chi connectivity index (χ0n) is 15.2. The third-order valence-corrected chi connectivity index (χ3v) is 5.40. The van der Waals surface area contributed by atoms with E-state index in [9.17, 15) is 4.79 Å². The van der Waals surface area contributed by atoms with Gasteiger partial charge in [-0.2, -0.15) is 0 Å². The number of fused-ring (bicyclic) bond motifs is 2. The van der Waals surface area contributed by atoms with Crippen molar-refractivity contribution in [2.75, 3.05) is 13.1 Å². The van der Waals surface area contributed by atoms with E-state index in [4.69, 9.17) is 22.3 Å². The number of carbonyl (C=O) groups excluding carboxylic acids is 1. The van der Waals surface area contributed by atoms with E-state index < -0.39 is 0 Å². The molecule has 0 saturated heterocycles. The third kappa shape index (κ3) is 3.39. The number of aryl methyl sites for hydroxylation is 1. The molecule has 0 bridgehead atoms. The number of amides is 1. The standard InChI is InChI=1S/C21H18BrClN4O/c1-27-11-17(15-8-12(22)2-5-20(15)27)19-10-16(21(28)25-7-6-24)14-9-13(23)3-4-18(14)26-19/h2-5,8-11H,6-7,24H2,1H3,(H,25,28). The molecule has 0 aliphatic carbocycles. The molecule has 2 aromatic heterocycles. The number of rotatable bonds is 4. The first-order valence-electron chi connectivity index (χ1n) is 8.81. The molecule has 3 N–H and O–H groups in total. The van der Waals surface area contributed by atoms with Gasteiger partial charge in [0.05, 0.1) is 16.8 Å². The lowest BCUT2D eigenvalue weighted by molar-refractivity contribution is 0.0956. The number of carbonyl (C=O) groups is 1. The van der Waals surface area contributed by atoms with Gasteiger partial charge in [0.1, 0.15) is 0 Å². The summed E-state index contributed by atoms with van der Waals surface area (Å²) < 4.78 is 3.04. The van der Waals surface area contributed by atoms with Gasteiger partial charge in [-0.3, -0.25) is 4.79 Å². The van der Waals surface area contributed by atoms with Gasteiger partial charge in [-0.05, 0) is 42.5 Å². The van der Waals surface area contributed by atoms with Gasteiger partial charge >= 0.3 is 0 Å². The molecule has 2 heterocycles. The molecule has 1 amide bonds. The van der Waals surface area contributed by atoms with E-state index in [-0.39, 0.29) is 5.91 Å². The third-order valence-electron chi connectivity index (χ3n) is 4.67. The molecule has 0 fully saturated rings. The minimum Gasteiger partial charge on any atom is -0.351 e. The minimum atomic E-state index is -0.192. The lowest BCUT2D eigenvalue weighted by Crippen LogP contribution is -2.29. The van der Waals surface area contributed by atoms with Crippen LogP contribution in [0.2, 0.25) is 5.02 Å². The topological polar surface area (TPSA) is 72.9 Å². The van der Waals surface area contributed by atoms with Crippen molar-refractivity contribution < 1.29 is 4.79 Å². The number of nitrogens with one attached hydrogen (secondary N) is 1. The Morgan fingerprint density at radius 2 is 2.04 bits per heavy atom. The maximum absolute atomic E-state index is 12.8. The molecule has 28 heavy (non-hydrogen) atoms. The Hall–Kier alpha value is -2.41. The summed E-state index contributed by atoms with van der Waals surface area (Å²) in [6.45, 7) is 0.777. The molecule has 2 aromatic carbocycles. The second kappa shape index (κ2) is 7.54. The molecule has 0 atom stereocenters. The van der Waals surface area contributed by atoms with E-state index in [0.717, 1.165) is 26.6 Å². The van der Waals surface area contributed by atoms with Crippen molar-refractivity contribution in [3.8, 4) is 11.3 Å². The van der Waals surface area contributed by atoms with Crippen molar-refractivity contribution in [1.82, 2.24) is 14.9 Å². The van der Waals surface area contributed by atoms with Gasteiger partial charge in [0, 0.05) is 57.7 Å². The minimum absolute atomic E-state index is 0.192. The first-order valence-corrected chi connectivity index (χ1v) is 9.98. The second-order valence-corrected chi connectivity index (χ2v) is 7.93. The highest BCUT2D eigenvalue weighted by Gasteiger charge is 2.17. The maximum atomic E-state index is 12.8. The number of nitrogens with zero attached hydrogens (tertiary/aromatic N) is 2. The number of hydrogen-bond donors (Lipinski definition) is 2. The van der Waals surface area contributed by atoms with Gasteiger partial charge in [-0.1, -0.05) is 27.5 Å². The number of aromatic nitrogens is 2. The highest BCUT2D eigenvalue weighted by molar-refractivity contribution is 9.10. The quantitative estimate of drug-likeness (QED) is 0.474. The molecule has 7 heteroatoms. The Morgan fingerprint density at radius 3 is 2.82 bits per heavy atom. The summed E-state index contributed by atoms with van der Waals surface area (Å²) in [5.74, 6) is -0.192. The van der Waals surface area contributed by atoms with Crippen LogP contribution in [0.4, 0.5) is 0 Å². The summed E-state index contributed by atoms with van der Waals surface area (Å²) in [6, 6.07) is 13.3. The van der Waals surface area contributed by atoms with Crippen molar-refractivity contribution in [3.05, 3.63) is 63.7 Å². The molecular weight excluding hydrogens is 440 g/mol. The van der Waals surface area contributed by atoms with Crippen molar-refractivity contribution in [3.63, 3.8) is 0 Å². The van der Waals surface area contributed by atoms with Gasteiger partial charge in [-0.25, -0.2) is 4.98 Å². The summed E-state index contributed by atoms with van der Waals surface area (Å²) in [6.07, 6.45) is 2.03. The van der Waals surface area contributed by atoms with E-state index in [1.54, 1.807) is 12.1 Å². The zero-order valence-corrected chi connectivity index (χ0v) is 17.5. The van der Waals surface area contributed by atoms with Crippen molar-refractivity contribution >= 4 is 55.2 Å². The first-order chi connectivity index (χ1) is 13.5. The predicted molar refractivity (Wildman–Crippen MR) is 118 cm³/mol. The summed E-state index contributed by atoms with van der Waals surface area (Å²) in [7, 11) is 2.00. The molecule has 0 radical (unpaired) electrons. The van der Waals surface area contributed by atoms with Gasteiger partial charge < -0.3 is 15.6 Å². The maximum Gasteiger partial charge on any atom is 0.252 e. The van der Waals surface area contributed by atoms with Crippen LogP contribution in [0, 0.1) is 0 Å². The van der Waals surface area contributed by atoms with E-state index in [1.807, 2.05) is 31.4 Å². The predicted octanol–water partition coefficient (Wildman–Crippen LogP) is 4.50. The van der Waals surface area contributed by atoms with E-state index in [1.165, 1.54) is 0 Å². The van der Waals surface area contributed by atoms with Crippen LogP contribution >= 0.6 is 27.5 Å². The van der Waals surface area contributed by atoms with Gasteiger partial charge in [0.15, 0.2) is 0 Å². The largest absolute Gasteiger partial charge is 0.351 e. The second-order valence-electron chi connectivity index (χ2n) is 6.58. The molecule has 0 unspecified atom stereocenters. The molecule has 0 aliphatic rings. The van der Waals surface area contributed by atoms with E-state index >= 15 is 0 Å². The average Bonchev–Trinajstić information content (AvgIpc) is 3.01. The SMILES string of the molecule is Cn1cc(-c2cc(C(=O)NCCN)c3cc(Cl)ccc3n2)c2cc(Br)ccc21. The van der Waals surface area contributed by atoms with Crippen LogP contribution in [0.3, 0.4) is 0 Å². The monoisotopic (exact) mass is 456 g/mol. The molecule has 4 aromatic rings. The van der Waals surface area contributed by atoms with Crippen LogP contribution in [-0.2, 0) is 7.05 Å². The summed E-state index contributed by atoms with van der Waals surface area (Å²) in [4.78, 5) is 17.6. The van der Waals surface area contributed by atoms with Crippen LogP contribution in [-0.4, -0.2) is 28.5 Å². The smallest absolute Gasteiger partial charge is 0.252 e. The number of nitrogens with two attached hydrogens (primary N) is 1. The fourth-order valence-electron chi connectivity index (χ4n) is 3.37.